The molecule has 11 heteroatoms. The van der Waals surface area contributed by atoms with Gasteiger partial charge in [-0.3, -0.25) is 29.2 Å². The number of hydrogen-bond acceptors (Lipinski definition) is 7. The van der Waals surface area contributed by atoms with Crippen molar-refractivity contribution < 1.29 is 14.0 Å². The van der Waals surface area contributed by atoms with Crippen molar-refractivity contribution in [1.29, 1.82) is 5.26 Å². The van der Waals surface area contributed by atoms with E-state index >= 15 is 0 Å². The number of aliphatic imine (C=N–C) groups is 2. The van der Waals surface area contributed by atoms with E-state index < -0.39 is 11.7 Å². The third-order valence-electron chi connectivity index (χ3n) is 6.86. The summed E-state index contributed by atoms with van der Waals surface area (Å²) in [4.78, 5) is 36.9. The summed E-state index contributed by atoms with van der Waals surface area (Å²) in [7, 11) is 1.82. The smallest absolute Gasteiger partial charge is 0.257 e. The Hall–Kier alpha value is -4.43. The van der Waals surface area contributed by atoms with E-state index in [1.807, 2.05) is 31.1 Å². The van der Waals surface area contributed by atoms with Gasteiger partial charge in [0.05, 0.1) is 41.8 Å². The number of halogens is 1. The van der Waals surface area contributed by atoms with Crippen molar-refractivity contribution >= 4 is 41.3 Å². The molecule has 0 saturated carbocycles. The van der Waals surface area contributed by atoms with Crippen molar-refractivity contribution in [3.05, 3.63) is 59.2 Å². The molecule has 1 aromatic heterocycles. The Morgan fingerprint density at radius 1 is 1.20 bits per heavy atom. The molecule has 1 aromatic carbocycles. The summed E-state index contributed by atoms with van der Waals surface area (Å²) in [6.07, 6.45) is 10.8. The van der Waals surface area contributed by atoms with Crippen molar-refractivity contribution in [2.45, 2.75) is 39.2 Å². The second-order valence-electron chi connectivity index (χ2n) is 10.1. The SMILES string of the molecule is CC1=C(/C(=O)Nc2cc(NC(=O)CN3CCC(CC#N)CC3)ccc2F)C=NC(C)\C=C(c2cnn(C)c2)/N=C\1. The molecule has 0 spiro atoms. The second kappa shape index (κ2) is 13.1. The van der Waals surface area contributed by atoms with Crippen LogP contribution in [0, 0.1) is 23.1 Å². The summed E-state index contributed by atoms with van der Waals surface area (Å²) >= 11 is 0. The van der Waals surface area contributed by atoms with Gasteiger partial charge < -0.3 is 10.6 Å². The monoisotopic (exact) mass is 544 g/mol. The average molecular weight is 545 g/mol. The van der Waals surface area contributed by atoms with Crippen LogP contribution in [0.15, 0.2) is 57.8 Å². The van der Waals surface area contributed by atoms with Crippen molar-refractivity contribution in [1.82, 2.24) is 14.7 Å². The molecule has 1 saturated heterocycles. The maximum absolute atomic E-state index is 14.7. The van der Waals surface area contributed by atoms with Gasteiger partial charge in [-0.2, -0.15) is 10.4 Å². The molecule has 0 aliphatic carbocycles. The van der Waals surface area contributed by atoms with Gasteiger partial charge in [-0.05, 0) is 75.5 Å². The predicted octanol–water partition coefficient (Wildman–Crippen LogP) is 3.96. The first-order chi connectivity index (χ1) is 19.2. The molecule has 2 aliphatic heterocycles. The fourth-order valence-electron chi connectivity index (χ4n) is 4.58. The summed E-state index contributed by atoms with van der Waals surface area (Å²) < 4.78 is 16.3. The third-order valence-corrected chi connectivity index (χ3v) is 6.86. The zero-order valence-corrected chi connectivity index (χ0v) is 22.9. The molecular formula is C29H33FN8O2. The lowest BCUT2D eigenvalue weighted by Crippen LogP contribution is -2.39. The van der Waals surface area contributed by atoms with Crippen LogP contribution in [0.2, 0.25) is 0 Å². The van der Waals surface area contributed by atoms with Gasteiger partial charge in [0.15, 0.2) is 0 Å². The number of anilines is 2. The van der Waals surface area contributed by atoms with Crippen LogP contribution in [0.5, 0.6) is 0 Å². The number of benzene rings is 1. The Balaban J connectivity index is 1.43. The number of piperidine rings is 1. The number of rotatable bonds is 7. The lowest BCUT2D eigenvalue weighted by molar-refractivity contribution is -0.117. The molecule has 0 bridgehead atoms. The van der Waals surface area contributed by atoms with Gasteiger partial charge in [-0.15, -0.1) is 0 Å². The Bertz CT molecular complexity index is 1420. The Morgan fingerprint density at radius 2 is 1.98 bits per heavy atom. The van der Waals surface area contributed by atoms with E-state index in [1.165, 1.54) is 24.4 Å². The van der Waals surface area contributed by atoms with Gasteiger partial charge in [0.25, 0.3) is 5.91 Å². The van der Waals surface area contributed by atoms with Crippen LogP contribution in [0.1, 0.15) is 38.7 Å². The van der Waals surface area contributed by atoms with E-state index in [-0.39, 0.29) is 29.8 Å². The van der Waals surface area contributed by atoms with Gasteiger partial charge in [-0.1, -0.05) is 0 Å². The number of aromatic nitrogens is 2. The molecule has 1 unspecified atom stereocenters. The number of carbonyl (C=O) groups excluding carboxylic acids is 2. The summed E-state index contributed by atoms with van der Waals surface area (Å²) in [5, 5.41) is 18.5. The number of allylic oxidation sites excluding steroid dienone is 1. The highest BCUT2D eigenvalue weighted by atomic mass is 19.1. The van der Waals surface area contributed by atoms with Crippen molar-refractivity contribution in [2.75, 3.05) is 30.3 Å². The molecule has 40 heavy (non-hydrogen) atoms. The van der Waals surface area contributed by atoms with Gasteiger partial charge in [0.2, 0.25) is 5.91 Å². The molecule has 1 atom stereocenters. The fourth-order valence-corrected chi connectivity index (χ4v) is 4.58. The van der Waals surface area contributed by atoms with Crippen LogP contribution in [-0.4, -0.2) is 64.6 Å². The Morgan fingerprint density at radius 3 is 2.67 bits per heavy atom. The highest BCUT2D eigenvalue weighted by molar-refractivity contribution is 6.21. The van der Waals surface area contributed by atoms with Gasteiger partial charge in [0, 0.05) is 43.3 Å². The van der Waals surface area contributed by atoms with E-state index in [1.54, 1.807) is 24.0 Å². The third kappa shape index (κ3) is 7.57. The Kier molecular flexibility index (Phi) is 9.35. The summed E-state index contributed by atoms with van der Waals surface area (Å²) in [5.74, 6) is -1.03. The minimum absolute atomic E-state index is 0.0622. The molecule has 4 rings (SSSR count). The van der Waals surface area contributed by atoms with Crippen molar-refractivity contribution in [3.8, 4) is 6.07 Å². The minimum atomic E-state index is -0.633. The molecule has 2 aromatic rings. The molecule has 3 heterocycles. The predicted molar refractivity (Wildman–Crippen MR) is 153 cm³/mol. The zero-order valence-electron chi connectivity index (χ0n) is 22.9. The summed E-state index contributed by atoms with van der Waals surface area (Å²) in [5.41, 5.74) is 2.60. The second-order valence-corrected chi connectivity index (χ2v) is 10.1. The maximum Gasteiger partial charge on any atom is 0.257 e. The lowest BCUT2D eigenvalue weighted by Gasteiger charge is -2.30. The van der Waals surface area contributed by atoms with Gasteiger partial charge in [0.1, 0.15) is 5.82 Å². The van der Waals surface area contributed by atoms with Crippen LogP contribution in [-0.2, 0) is 16.6 Å². The van der Waals surface area contributed by atoms with E-state index in [2.05, 4.69) is 31.8 Å². The average Bonchev–Trinajstić information content (AvgIpc) is 3.37. The van der Waals surface area contributed by atoms with Crippen molar-refractivity contribution in [3.63, 3.8) is 0 Å². The van der Waals surface area contributed by atoms with E-state index in [0.29, 0.717) is 29.3 Å². The van der Waals surface area contributed by atoms with Crippen LogP contribution in [0.4, 0.5) is 15.8 Å². The topological polar surface area (TPSA) is 128 Å². The van der Waals surface area contributed by atoms with E-state index in [4.69, 9.17) is 5.26 Å². The highest BCUT2D eigenvalue weighted by Gasteiger charge is 2.21. The quantitative estimate of drug-likeness (QED) is 0.545. The Labute approximate surface area is 233 Å². The first kappa shape index (κ1) is 28.6. The first-order valence-corrected chi connectivity index (χ1v) is 13.2. The molecule has 2 N–H and O–H groups in total. The maximum atomic E-state index is 14.7. The van der Waals surface area contributed by atoms with Gasteiger partial charge >= 0.3 is 0 Å². The zero-order chi connectivity index (χ0) is 28.6. The van der Waals surface area contributed by atoms with Crippen LogP contribution >= 0.6 is 0 Å². The van der Waals surface area contributed by atoms with E-state index in [0.717, 1.165) is 31.5 Å². The fraction of sp³-hybridized carbons (Fsp3) is 0.379. The number of aryl methyl sites for hydroxylation is 1. The summed E-state index contributed by atoms with van der Waals surface area (Å²) in [6, 6.07) is 5.99. The molecule has 1 fully saturated rings. The molecule has 0 radical (unpaired) electrons. The van der Waals surface area contributed by atoms with Crippen LogP contribution in [0.3, 0.4) is 0 Å². The molecule has 10 nitrogen and oxygen atoms in total. The van der Waals surface area contributed by atoms with E-state index in [9.17, 15) is 14.0 Å². The molecule has 2 aliphatic rings. The number of hydrogen-bond donors (Lipinski definition) is 2. The molecule has 2 amide bonds. The molecule has 208 valence electrons. The number of nitrogens with zero attached hydrogens (tertiary/aromatic N) is 6. The normalized spacial score (nSPS) is 22.3. The molecular weight excluding hydrogens is 511 g/mol. The standard InChI is InChI=1S/C29H33FN8O2/c1-19-14-33-26(22-15-34-37(3)17-22)12-20(2)32-16-24(19)29(40)36-27-13-23(4-5-25(27)30)35-28(39)18-38-10-7-21(6-9-31)8-11-38/h4-5,12-17,20-21H,6-8,10-11,18H2,1-3H3,(H,35,39)(H,36,40)/b24-19-,26-12-,32-16?,33-14-. The number of amides is 2. The van der Waals surface area contributed by atoms with Crippen molar-refractivity contribution in [2.24, 2.45) is 23.0 Å². The summed E-state index contributed by atoms with van der Waals surface area (Å²) in [6.45, 7) is 5.31. The van der Waals surface area contributed by atoms with Gasteiger partial charge in [-0.25, -0.2) is 4.39 Å². The highest BCUT2D eigenvalue weighted by Crippen LogP contribution is 2.23. The number of likely N-dealkylation sites (tertiary alicyclic amines) is 1. The van der Waals surface area contributed by atoms with Crippen LogP contribution in [0.25, 0.3) is 5.70 Å². The lowest BCUT2D eigenvalue weighted by atomic mass is 9.94. The minimum Gasteiger partial charge on any atom is -0.325 e. The largest absolute Gasteiger partial charge is 0.325 e. The number of carbonyl (C=O) groups is 2. The number of nitrogens with one attached hydrogen (secondary N) is 2. The number of nitriles is 1. The van der Waals surface area contributed by atoms with Crippen LogP contribution < -0.4 is 10.6 Å². The first-order valence-electron chi connectivity index (χ1n) is 13.2.